The molecule has 39 heavy (non-hydrogen) atoms. The average Bonchev–Trinajstić information content (AvgIpc) is 2.91. The number of sulfonamides is 1. The molecular weight excluding hydrogens is 542 g/mol. The Kier molecular flexibility index (Phi) is 7.61. The molecule has 0 aromatic heterocycles. The van der Waals surface area contributed by atoms with Crippen molar-refractivity contribution >= 4 is 10.0 Å². The maximum Gasteiger partial charge on any atom is 0.416 e. The second-order valence-electron chi connectivity index (χ2n) is 8.81. The Morgan fingerprint density at radius 2 is 0.974 bits per heavy atom. The van der Waals surface area contributed by atoms with Crippen LogP contribution < -0.4 is 10.5 Å². The molecule has 4 rings (SSSR count). The van der Waals surface area contributed by atoms with Gasteiger partial charge in [-0.05, 0) is 34.9 Å². The maximum atomic E-state index is 13.6. The van der Waals surface area contributed by atoms with E-state index in [0.717, 1.165) is 0 Å². The third kappa shape index (κ3) is 6.00. The first kappa shape index (κ1) is 28.3. The van der Waals surface area contributed by atoms with E-state index < -0.39 is 50.0 Å². The van der Waals surface area contributed by atoms with E-state index in [1.807, 2.05) is 0 Å². The predicted octanol–water partition coefficient (Wildman–Crippen LogP) is 6.65. The molecule has 4 aromatic rings. The summed E-state index contributed by atoms with van der Waals surface area (Å²) in [5.41, 5.74) is 3.11. The van der Waals surface area contributed by atoms with Crippen LogP contribution in [0.15, 0.2) is 114 Å². The largest absolute Gasteiger partial charge is 0.416 e. The van der Waals surface area contributed by atoms with Gasteiger partial charge in [-0.1, -0.05) is 91.0 Å². The number of nitrogens with two attached hydrogens (primary N) is 1. The van der Waals surface area contributed by atoms with E-state index in [-0.39, 0.29) is 18.2 Å². The summed E-state index contributed by atoms with van der Waals surface area (Å²) in [7, 11) is -5.00. The molecule has 0 aliphatic rings. The number of benzene rings is 4. The van der Waals surface area contributed by atoms with Crippen LogP contribution in [0.3, 0.4) is 0 Å². The number of rotatable bonds is 7. The molecule has 0 radical (unpaired) electrons. The SMILES string of the molecule is NC(c1ccccc1)(c1ccccc1)C(NS(=O)(=O)c1cc(C(F)(F)F)cc(C(F)(F)F)c1)c1ccccc1. The van der Waals surface area contributed by atoms with Crippen LogP contribution >= 0.6 is 0 Å². The van der Waals surface area contributed by atoms with Crippen molar-refractivity contribution in [2.24, 2.45) is 5.73 Å². The molecule has 0 saturated heterocycles. The first-order valence-corrected chi connectivity index (χ1v) is 13.0. The highest BCUT2D eigenvalue weighted by Crippen LogP contribution is 2.41. The minimum atomic E-state index is -5.23. The van der Waals surface area contributed by atoms with E-state index in [1.165, 1.54) is 0 Å². The topological polar surface area (TPSA) is 72.2 Å². The zero-order valence-electron chi connectivity index (χ0n) is 20.0. The first-order chi connectivity index (χ1) is 18.2. The Balaban J connectivity index is 1.94. The van der Waals surface area contributed by atoms with Crippen molar-refractivity contribution in [1.82, 2.24) is 4.72 Å². The molecule has 0 spiro atoms. The highest BCUT2D eigenvalue weighted by molar-refractivity contribution is 7.89. The van der Waals surface area contributed by atoms with E-state index in [1.54, 1.807) is 91.0 Å². The molecule has 1 atom stereocenters. The lowest BCUT2D eigenvalue weighted by Gasteiger charge is -2.39. The fourth-order valence-corrected chi connectivity index (χ4v) is 5.63. The van der Waals surface area contributed by atoms with Crippen molar-refractivity contribution in [1.29, 1.82) is 0 Å². The minimum Gasteiger partial charge on any atom is -0.316 e. The molecule has 0 heterocycles. The molecule has 4 aromatic carbocycles. The number of hydrogen-bond acceptors (Lipinski definition) is 3. The summed E-state index contributed by atoms with van der Waals surface area (Å²) >= 11 is 0. The van der Waals surface area contributed by atoms with Crippen molar-refractivity contribution < 1.29 is 34.8 Å². The summed E-state index contributed by atoms with van der Waals surface area (Å²) < 4.78 is 110. The molecule has 0 bridgehead atoms. The van der Waals surface area contributed by atoms with E-state index in [0.29, 0.717) is 16.7 Å². The second-order valence-corrected chi connectivity index (χ2v) is 10.5. The Labute approximate surface area is 221 Å². The van der Waals surface area contributed by atoms with Crippen LogP contribution in [0, 0.1) is 0 Å². The van der Waals surface area contributed by atoms with E-state index in [2.05, 4.69) is 4.72 Å². The zero-order valence-corrected chi connectivity index (χ0v) is 20.9. The Morgan fingerprint density at radius 3 is 1.36 bits per heavy atom. The van der Waals surface area contributed by atoms with Crippen LogP contribution in [0.5, 0.6) is 0 Å². The van der Waals surface area contributed by atoms with Gasteiger partial charge >= 0.3 is 12.4 Å². The predicted molar refractivity (Wildman–Crippen MR) is 134 cm³/mol. The van der Waals surface area contributed by atoms with Gasteiger partial charge in [-0.2, -0.15) is 26.3 Å². The number of halogens is 6. The number of hydrogen-bond donors (Lipinski definition) is 2. The number of alkyl halides is 6. The molecule has 3 N–H and O–H groups in total. The van der Waals surface area contributed by atoms with E-state index in [9.17, 15) is 34.8 Å². The molecule has 1 unspecified atom stereocenters. The third-order valence-corrected chi connectivity index (χ3v) is 7.64. The van der Waals surface area contributed by atoms with Crippen molar-refractivity contribution in [3.05, 3.63) is 137 Å². The van der Waals surface area contributed by atoms with E-state index >= 15 is 0 Å². The first-order valence-electron chi connectivity index (χ1n) is 11.5. The molecule has 11 heteroatoms. The van der Waals surface area contributed by atoms with Crippen molar-refractivity contribution in [3.63, 3.8) is 0 Å². The van der Waals surface area contributed by atoms with Crippen LogP contribution in [0.4, 0.5) is 26.3 Å². The van der Waals surface area contributed by atoms with Gasteiger partial charge in [0.1, 0.15) is 0 Å². The van der Waals surface area contributed by atoms with Crippen LogP contribution in [0.25, 0.3) is 0 Å². The Morgan fingerprint density at radius 1 is 0.590 bits per heavy atom. The van der Waals surface area contributed by atoms with Gasteiger partial charge in [-0.3, -0.25) is 0 Å². The Bertz CT molecular complexity index is 1450. The summed E-state index contributed by atoms with van der Waals surface area (Å²) in [6.07, 6.45) is -10.5. The van der Waals surface area contributed by atoms with Gasteiger partial charge in [0, 0.05) is 0 Å². The van der Waals surface area contributed by atoms with Gasteiger partial charge < -0.3 is 5.73 Å². The van der Waals surface area contributed by atoms with Crippen molar-refractivity contribution in [3.8, 4) is 0 Å². The quantitative estimate of drug-likeness (QED) is 0.247. The lowest BCUT2D eigenvalue weighted by atomic mass is 9.75. The van der Waals surface area contributed by atoms with Gasteiger partial charge in [0.2, 0.25) is 10.0 Å². The molecule has 0 amide bonds. The smallest absolute Gasteiger partial charge is 0.316 e. The van der Waals surface area contributed by atoms with Gasteiger partial charge in [-0.25, -0.2) is 13.1 Å². The van der Waals surface area contributed by atoms with Gasteiger partial charge in [-0.15, -0.1) is 0 Å². The van der Waals surface area contributed by atoms with Crippen molar-refractivity contribution in [2.75, 3.05) is 0 Å². The van der Waals surface area contributed by atoms with Crippen LogP contribution in [0.1, 0.15) is 33.9 Å². The lowest BCUT2D eigenvalue weighted by Crippen LogP contribution is -2.51. The van der Waals surface area contributed by atoms with Gasteiger partial charge in [0.15, 0.2) is 0 Å². The van der Waals surface area contributed by atoms with Gasteiger partial charge in [0.05, 0.1) is 27.6 Å². The highest BCUT2D eigenvalue weighted by atomic mass is 32.2. The lowest BCUT2D eigenvalue weighted by molar-refractivity contribution is -0.143. The standard InChI is InChI=1S/C28H22F6N2O2S/c29-27(30,31)22-16-23(28(32,33)34)18-24(17-22)39(37,38)36-25(19-10-4-1-5-11-19)26(35,20-12-6-2-7-13-20)21-14-8-3-9-15-21/h1-18,25,36H,35H2. The summed E-state index contributed by atoms with van der Waals surface area (Å²) in [4.78, 5) is -1.20. The summed E-state index contributed by atoms with van der Waals surface area (Å²) in [5, 5.41) is 0. The molecule has 0 aliphatic carbocycles. The summed E-state index contributed by atoms with van der Waals surface area (Å²) in [6.45, 7) is 0. The molecular formula is C28H22F6N2O2S. The molecule has 0 fully saturated rings. The Hall–Kier alpha value is -3.67. The summed E-state index contributed by atoms with van der Waals surface area (Å²) in [6, 6.07) is 23.7. The fraction of sp³-hybridized carbons (Fsp3) is 0.143. The van der Waals surface area contributed by atoms with Gasteiger partial charge in [0.25, 0.3) is 0 Å². The molecule has 0 saturated carbocycles. The van der Waals surface area contributed by atoms with Crippen LogP contribution in [-0.2, 0) is 27.9 Å². The average molecular weight is 565 g/mol. The second kappa shape index (κ2) is 10.5. The fourth-order valence-electron chi connectivity index (χ4n) is 4.30. The molecule has 4 nitrogen and oxygen atoms in total. The number of nitrogens with one attached hydrogen (secondary N) is 1. The summed E-state index contributed by atoms with van der Waals surface area (Å²) in [5.74, 6) is 0. The van der Waals surface area contributed by atoms with Crippen LogP contribution in [0.2, 0.25) is 0 Å². The molecule has 204 valence electrons. The zero-order chi connectivity index (χ0) is 28.5. The molecule has 0 aliphatic heterocycles. The highest BCUT2D eigenvalue weighted by Gasteiger charge is 2.43. The van der Waals surface area contributed by atoms with Crippen LogP contribution in [-0.4, -0.2) is 8.42 Å². The van der Waals surface area contributed by atoms with Crippen molar-refractivity contribution in [2.45, 2.75) is 28.8 Å². The third-order valence-electron chi connectivity index (χ3n) is 6.24. The maximum absolute atomic E-state index is 13.6. The monoisotopic (exact) mass is 564 g/mol. The normalized spacial score (nSPS) is 13.7. The minimum absolute atomic E-state index is 0.130. The van der Waals surface area contributed by atoms with E-state index in [4.69, 9.17) is 5.73 Å².